The van der Waals surface area contributed by atoms with Crippen LogP contribution < -0.4 is 5.32 Å². The maximum absolute atomic E-state index is 14.1. The molecule has 0 saturated carbocycles. The van der Waals surface area contributed by atoms with E-state index in [2.05, 4.69) is 10.3 Å². The molecule has 32 heavy (non-hydrogen) atoms. The van der Waals surface area contributed by atoms with Crippen molar-refractivity contribution in [2.24, 2.45) is 0 Å². The third-order valence-electron chi connectivity index (χ3n) is 5.24. The lowest BCUT2D eigenvalue weighted by Gasteiger charge is -2.23. The fraction of sp³-hybridized carbons (Fsp3) is 0.273. The zero-order valence-corrected chi connectivity index (χ0v) is 18.8. The average molecular weight is 475 g/mol. The first-order chi connectivity index (χ1) is 15.4. The number of amides is 2. The molecule has 0 bridgehead atoms. The van der Waals surface area contributed by atoms with Gasteiger partial charge in [0.1, 0.15) is 18.0 Å². The third-order valence-corrected chi connectivity index (χ3v) is 6.73. The SMILES string of the molecule is CC(=O)c1cn(CC(=O)N2CCS[C@H]2C(=O)NCc2cccc(Cl)c2F)c2ncccc12. The second kappa shape index (κ2) is 9.30. The predicted octanol–water partition coefficient (Wildman–Crippen LogP) is 3.25. The van der Waals surface area contributed by atoms with Crippen LogP contribution in [0.5, 0.6) is 0 Å². The molecule has 1 N–H and O–H groups in total. The van der Waals surface area contributed by atoms with Crippen LogP contribution in [0.1, 0.15) is 22.8 Å². The Morgan fingerprint density at radius 1 is 1.28 bits per heavy atom. The number of hydrogen-bond donors (Lipinski definition) is 1. The minimum atomic E-state index is -0.716. The number of ketones is 1. The van der Waals surface area contributed by atoms with E-state index in [-0.39, 0.29) is 41.3 Å². The van der Waals surface area contributed by atoms with E-state index in [1.165, 1.54) is 29.7 Å². The van der Waals surface area contributed by atoms with Gasteiger partial charge in [0.25, 0.3) is 5.91 Å². The van der Waals surface area contributed by atoms with Gasteiger partial charge in [-0.2, -0.15) is 0 Å². The molecule has 0 aliphatic carbocycles. The number of fused-ring (bicyclic) bond motifs is 1. The molecule has 2 amide bonds. The smallest absolute Gasteiger partial charge is 0.253 e. The maximum Gasteiger partial charge on any atom is 0.253 e. The molecule has 0 unspecified atom stereocenters. The number of nitrogens with zero attached hydrogens (tertiary/aromatic N) is 3. The molecule has 10 heteroatoms. The van der Waals surface area contributed by atoms with Gasteiger partial charge in [-0.05, 0) is 25.1 Å². The maximum atomic E-state index is 14.1. The summed E-state index contributed by atoms with van der Waals surface area (Å²) in [6.07, 6.45) is 3.22. The van der Waals surface area contributed by atoms with Crippen molar-refractivity contribution in [3.63, 3.8) is 0 Å². The molecule has 166 valence electrons. The zero-order valence-electron chi connectivity index (χ0n) is 17.2. The van der Waals surface area contributed by atoms with Crippen molar-refractivity contribution < 1.29 is 18.8 Å². The molecule has 4 rings (SSSR count). The molecule has 3 aromatic rings. The zero-order chi connectivity index (χ0) is 22.8. The van der Waals surface area contributed by atoms with Crippen LogP contribution in [0.15, 0.2) is 42.7 Å². The van der Waals surface area contributed by atoms with E-state index >= 15 is 0 Å². The van der Waals surface area contributed by atoms with Crippen molar-refractivity contribution in [3.8, 4) is 0 Å². The van der Waals surface area contributed by atoms with Crippen LogP contribution in [0.4, 0.5) is 4.39 Å². The fourth-order valence-electron chi connectivity index (χ4n) is 3.66. The minimum Gasteiger partial charge on any atom is -0.349 e. The van der Waals surface area contributed by atoms with Crippen LogP contribution in [0.25, 0.3) is 11.0 Å². The number of Topliss-reactive ketones (excluding diaryl/α,β-unsaturated/α-hetero) is 1. The summed E-state index contributed by atoms with van der Waals surface area (Å²) < 4.78 is 15.7. The summed E-state index contributed by atoms with van der Waals surface area (Å²) in [5.74, 6) is -0.716. The number of benzene rings is 1. The van der Waals surface area contributed by atoms with E-state index in [9.17, 15) is 18.8 Å². The topological polar surface area (TPSA) is 84.3 Å². The van der Waals surface area contributed by atoms with Gasteiger partial charge in [0.15, 0.2) is 11.2 Å². The number of carbonyl (C=O) groups is 3. The lowest BCUT2D eigenvalue weighted by Crippen LogP contribution is -2.45. The van der Waals surface area contributed by atoms with Crippen molar-refractivity contribution in [3.05, 3.63) is 64.7 Å². The molecule has 1 atom stereocenters. The summed E-state index contributed by atoms with van der Waals surface area (Å²) >= 11 is 7.14. The summed E-state index contributed by atoms with van der Waals surface area (Å²) in [4.78, 5) is 43.6. The van der Waals surface area contributed by atoms with Crippen LogP contribution in [0.3, 0.4) is 0 Å². The summed E-state index contributed by atoms with van der Waals surface area (Å²) in [5.41, 5.74) is 1.30. The van der Waals surface area contributed by atoms with Crippen molar-refractivity contribution in [2.45, 2.75) is 25.4 Å². The van der Waals surface area contributed by atoms with E-state index in [1.54, 1.807) is 41.2 Å². The average Bonchev–Trinajstić information content (AvgIpc) is 3.40. The van der Waals surface area contributed by atoms with Crippen LogP contribution >= 0.6 is 23.4 Å². The number of rotatable bonds is 6. The molecule has 7 nitrogen and oxygen atoms in total. The lowest BCUT2D eigenvalue weighted by molar-refractivity contribution is -0.137. The van der Waals surface area contributed by atoms with Gasteiger partial charge >= 0.3 is 0 Å². The first kappa shape index (κ1) is 22.3. The summed E-state index contributed by atoms with van der Waals surface area (Å²) in [6, 6.07) is 8.12. The number of aromatic nitrogens is 2. The highest BCUT2D eigenvalue weighted by Crippen LogP contribution is 2.26. The number of thioether (sulfide) groups is 1. The fourth-order valence-corrected chi connectivity index (χ4v) is 5.01. The van der Waals surface area contributed by atoms with E-state index in [4.69, 9.17) is 11.6 Å². The molecule has 1 saturated heterocycles. The second-order valence-corrected chi connectivity index (χ2v) is 8.94. The highest BCUT2D eigenvalue weighted by molar-refractivity contribution is 8.00. The van der Waals surface area contributed by atoms with Crippen molar-refractivity contribution in [1.82, 2.24) is 19.8 Å². The molecular formula is C22H20ClFN4O3S. The molecule has 1 aliphatic rings. The third kappa shape index (κ3) is 4.35. The first-order valence-corrected chi connectivity index (χ1v) is 11.4. The standard InChI is InChI=1S/C22H20ClFN4O3S/c1-13(29)16-11-27(20-15(16)5-3-7-25-20)12-18(30)28-8-9-32-22(28)21(31)26-10-14-4-2-6-17(23)19(14)24/h2-7,11,22H,8-10,12H2,1H3,(H,26,31)/t22-/m0/s1. The predicted molar refractivity (Wildman–Crippen MR) is 121 cm³/mol. The van der Waals surface area contributed by atoms with Crippen molar-refractivity contribution in [1.29, 1.82) is 0 Å². The van der Waals surface area contributed by atoms with E-state index in [0.717, 1.165) is 0 Å². The molecule has 0 radical (unpaired) electrons. The monoisotopic (exact) mass is 474 g/mol. The van der Waals surface area contributed by atoms with Gasteiger partial charge in [-0.25, -0.2) is 9.37 Å². The Morgan fingerprint density at radius 3 is 2.88 bits per heavy atom. The largest absolute Gasteiger partial charge is 0.349 e. The van der Waals surface area contributed by atoms with E-state index in [0.29, 0.717) is 28.9 Å². The van der Waals surface area contributed by atoms with Gasteiger partial charge in [0, 0.05) is 47.7 Å². The van der Waals surface area contributed by atoms with Gasteiger partial charge < -0.3 is 14.8 Å². The van der Waals surface area contributed by atoms with E-state index < -0.39 is 11.2 Å². The number of nitrogens with one attached hydrogen (secondary N) is 1. The number of carbonyl (C=O) groups excluding carboxylic acids is 3. The highest BCUT2D eigenvalue weighted by Gasteiger charge is 2.35. The Balaban J connectivity index is 1.47. The Bertz CT molecular complexity index is 1220. The first-order valence-electron chi connectivity index (χ1n) is 9.93. The Morgan fingerprint density at radius 2 is 2.09 bits per heavy atom. The molecule has 1 aromatic carbocycles. The number of pyridine rings is 1. The van der Waals surface area contributed by atoms with Crippen LogP contribution in [-0.4, -0.2) is 49.7 Å². The van der Waals surface area contributed by atoms with Gasteiger partial charge in [-0.3, -0.25) is 14.4 Å². The Hall–Kier alpha value is -2.91. The van der Waals surface area contributed by atoms with Gasteiger partial charge in [-0.1, -0.05) is 23.7 Å². The Kier molecular flexibility index (Phi) is 6.48. The molecule has 1 fully saturated rings. The summed E-state index contributed by atoms with van der Waals surface area (Å²) in [6.45, 7) is 1.81. The van der Waals surface area contributed by atoms with Crippen molar-refractivity contribution in [2.75, 3.05) is 12.3 Å². The van der Waals surface area contributed by atoms with E-state index in [1.807, 2.05) is 0 Å². The highest BCUT2D eigenvalue weighted by atomic mass is 35.5. The normalized spacial score (nSPS) is 15.8. The molecule has 0 spiro atoms. The lowest BCUT2D eigenvalue weighted by atomic mass is 10.2. The number of halogens is 2. The van der Waals surface area contributed by atoms with Gasteiger partial charge in [0.2, 0.25) is 5.91 Å². The van der Waals surface area contributed by atoms with Gasteiger partial charge in [-0.15, -0.1) is 11.8 Å². The van der Waals surface area contributed by atoms with Crippen LogP contribution in [-0.2, 0) is 22.7 Å². The molecule has 1 aliphatic heterocycles. The summed E-state index contributed by atoms with van der Waals surface area (Å²) in [5, 5.41) is 2.64. The van der Waals surface area contributed by atoms with Crippen LogP contribution in [0, 0.1) is 5.82 Å². The van der Waals surface area contributed by atoms with Gasteiger partial charge in [0.05, 0.1) is 5.02 Å². The second-order valence-electron chi connectivity index (χ2n) is 7.34. The molecule has 3 heterocycles. The molecule has 2 aromatic heterocycles. The van der Waals surface area contributed by atoms with Crippen LogP contribution in [0.2, 0.25) is 5.02 Å². The Labute approximate surface area is 192 Å². The quantitative estimate of drug-likeness (QED) is 0.554. The molecular weight excluding hydrogens is 455 g/mol. The van der Waals surface area contributed by atoms with Crippen molar-refractivity contribution >= 4 is 52.0 Å². The number of hydrogen-bond acceptors (Lipinski definition) is 5. The minimum absolute atomic E-state index is 0.0127. The summed E-state index contributed by atoms with van der Waals surface area (Å²) in [7, 11) is 0.